The third kappa shape index (κ3) is 4.83. The number of amides is 2. The van der Waals surface area contributed by atoms with Crippen molar-refractivity contribution in [2.45, 2.75) is 0 Å². The molecular formula is C20H17ClN4O2. The molecule has 6 nitrogen and oxygen atoms in total. The van der Waals surface area contributed by atoms with Gasteiger partial charge in [-0.25, -0.2) is 4.68 Å². The van der Waals surface area contributed by atoms with Crippen LogP contribution in [0.4, 0.5) is 0 Å². The second-order valence-electron chi connectivity index (χ2n) is 5.74. The largest absolute Gasteiger partial charge is 0.368 e. The van der Waals surface area contributed by atoms with E-state index < -0.39 is 11.8 Å². The number of rotatable bonds is 6. The van der Waals surface area contributed by atoms with Crippen LogP contribution in [-0.2, 0) is 9.59 Å². The Kier molecular flexibility index (Phi) is 5.68. The fourth-order valence-corrected chi connectivity index (χ4v) is 2.58. The molecule has 2 aromatic carbocycles. The summed E-state index contributed by atoms with van der Waals surface area (Å²) in [6.45, 7) is -0.212. The molecule has 2 amide bonds. The molecule has 0 aliphatic carbocycles. The third-order valence-corrected chi connectivity index (χ3v) is 3.98. The molecule has 1 heterocycles. The Morgan fingerprint density at radius 2 is 1.81 bits per heavy atom. The van der Waals surface area contributed by atoms with E-state index in [1.807, 2.05) is 48.7 Å². The second-order valence-corrected chi connectivity index (χ2v) is 6.17. The summed E-state index contributed by atoms with van der Waals surface area (Å²) in [5.74, 6) is -1.01. The van der Waals surface area contributed by atoms with E-state index in [-0.39, 0.29) is 6.54 Å². The van der Waals surface area contributed by atoms with Crippen LogP contribution in [0.25, 0.3) is 23.0 Å². The summed E-state index contributed by atoms with van der Waals surface area (Å²) in [4.78, 5) is 22.6. The summed E-state index contributed by atoms with van der Waals surface area (Å²) >= 11 is 5.97. The van der Waals surface area contributed by atoms with Gasteiger partial charge in [0.2, 0.25) is 11.8 Å². The van der Waals surface area contributed by atoms with Gasteiger partial charge in [0, 0.05) is 28.4 Å². The van der Waals surface area contributed by atoms with Gasteiger partial charge in [-0.2, -0.15) is 5.10 Å². The van der Waals surface area contributed by atoms with Crippen molar-refractivity contribution in [3.63, 3.8) is 0 Å². The Labute approximate surface area is 161 Å². The van der Waals surface area contributed by atoms with Crippen LogP contribution < -0.4 is 11.1 Å². The zero-order chi connectivity index (χ0) is 19.2. The number of halogens is 1. The lowest BCUT2D eigenvalue weighted by atomic mass is 10.1. The minimum atomic E-state index is -0.601. The summed E-state index contributed by atoms with van der Waals surface area (Å²) < 4.78 is 1.74. The van der Waals surface area contributed by atoms with Gasteiger partial charge in [-0.1, -0.05) is 41.9 Å². The predicted molar refractivity (Wildman–Crippen MR) is 105 cm³/mol. The van der Waals surface area contributed by atoms with Gasteiger partial charge in [-0.3, -0.25) is 9.59 Å². The number of aromatic nitrogens is 2. The molecule has 0 fully saturated rings. The molecule has 0 unspecified atom stereocenters. The van der Waals surface area contributed by atoms with E-state index in [0.29, 0.717) is 10.7 Å². The number of nitrogens with two attached hydrogens (primary N) is 1. The molecule has 3 rings (SSSR count). The van der Waals surface area contributed by atoms with E-state index in [1.165, 1.54) is 6.08 Å². The fraction of sp³-hybridized carbons (Fsp3) is 0.0500. The SMILES string of the molecule is NC(=O)CNC(=O)/C=C/c1cn(-c2ccccc2)nc1-c1ccc(Cl)cc1. The van der Waals surface area contributed by atoms with Crippen molar-refractivity contribution in [1.82, 2.24) is 15.1 Å². The molecule has 0 saturated heterocycles. The van der Waals surface area contributed by atoms with Gasteiger partial charge >= 0.3 is 0 Å². The molecule has 0 spiro atoms. The van der Waals surface area contributed by atoms with Crippen molar-refractivity contribution < 1.29 is 9.59 Å². The highest BCUT2D eigenvalue weighted by molar-refractivity contribution is 6.30. The highest BCUT2D eigenvalue weighted by Crippen LogP contribution is 2.26. The van der Waals surface area contributed by atoms with E-state index in [2.05, 4.69) is 10.4 Å². The van der Waals surface area contributed by atoms with Crippen LogP contribution in [0.1, 0.15) is 5.56 Å². The lowest BCUT2D eigenvalue weighted by Gasteiger charge is -2.01. The summed E-state index contributed by atoms with van der Waals surface area (Å²) in [5.41, 5.74) is 8.24. The first kappa shape index (κ1) is 18.4. The van der Waals surface area contributed by atoms with Crippen LogP contribution in [0.2, 0.25) is 5.02 Å². The van der Waals surface area contributed by atoms with Crippen molar-refractivity contribution in [2.24, 2.45) is 5.73 Å². The van der Waals surface area contributed by atoms with Crippen LogP contribution in [0.5, 0.6) is 0 Å². The Hall–Kier alpha value is -3.38. The van der Waals surface area contributed by atoms with Crippen LogP contribution in [0.3, 0.4) is 0 Å². The van der Waals surface area contributed by atoms with Crippen molar-refractivity contribution in [3.8, 4) is 16.9 Å². The standard InChI is InChI=1S/C20H17ClN4O2/c21-16-9-6-14(7-10-16)20-15(8-11-19(27)23-12-18(22)26)13-25(24-20)17-4-2-1-3-5-17/h1-11,13H,12H2,(H2,22,26)(H,23,27)/b11-8+. The van der Waals surface area contributed by atoms with Gasteiger partial charge in [-0.05, 0) is 30.3 Å². The lowest BCUT2D eigenvalue weighted by Crippen LogP contribution is -2.32. The number of primary amides is 1. The third-order valence-electron chi connectivity index (χ3n) is 3.73. The number of hydrogen-bond donors (Lipinski definition) is 2. The number of benzene rings is 2. The molecule has 3 aromatic rings. The van der Waals surface area contributed by atoms with Gasteiger partial charge in [0.1, 0.15) is 0 Å². The van der Waals surface area contributed by atoms with E-state index in [1.54, 1.807) is 22.9 Å². The fourth-order valence-electron chi connectivity index (χ4n) is 2.45. The summed E-state index contributed by atoms with van der Waals surface area (Å²) in [6.07, 6.45) is 4.82. The molecule has 1 aromatic heterocycles. The van der Waals surface area contributed by atoms with Crippen LogP contribution in [0, 0.1) is 0 Å². The molecule has 0 aliphatic rings. The zero-order valence-electron chi connectivity index (χ0n) is 14.3. The van der Waals surface area contributed by atoms with Crippen LogP contribution in [0.15, 0.2) is 66.9 Å². The second kappa shape index (κ2) is 8.33. The topological polar surface area (TPSA) is 90.0 Å². The number of carbonyl (C=O) groups is 2. The highest BCUT2D eigenvalue weighted by atomic mass is 35.5. The molecule has 0 atom stereocenters. The quantitative estimate of drug-likeness (QED) is 0.644. The first-order chi connectivity index (χ1) is 13.0. The Morgan fingerprint density at radius 1 is 1.11 bits per heavy atom. The molecule has 7 heteroatoms. The van der Waals surface area contributed by atoms with Crippen LogP contribution in [-0.4, -0.2) is 28.1 Å². The molecule has 0 saturated carbocycles. The molecule has 0 bridgehead atoms. The van der Waals surface area contributed by atoms with Crippen molar-refractivity contribution in [1.29, 1.82) is 0 Å². The summed E-state index contributed by atoms with van der Waals surface area (Å²) in [5, 5.41) is 7.69. The Bertz CT molecular complexity index is 979. The van der Waals surface area contributed by atoms with E-state index in [0.717, 1.165) is 16.8 Å². The average Bonchev–Trinajstić information content (AvgIpc) is 3.10. The molecule has 3 N–H and O–H groups in total. The van der Waals surface area contributed by atoms with Crippen LogP contribution >= 0.6 is 11.6 Å². The smallest absolute Gasteiger partial charge is 0.244 e. The van der Waals surface area contributed by atoms with E-state index in [4.69, 9.17) is 17.3 Å². The monoisotopic (exact) mass is 380 g/mol. The average molecular weight is 381 g/mol. The van der Waals surface area contributed by atoms with Gasteiger partial charge in [0.25, 0.3) is 0 Å². The van der Waals surface area contributed by atoms with E-state index >= 15 is 0 Å². The van der Waals surface area contributed by atoms with Crippen molar-refractivity contribution in [3.05, 3.63) is 77.5 Å². The number of carbonyl (C=O) groups excluding carboxylic acids is 2. The first-order valence-corrected chi connectivity index (χ1v) is 8.56. The molecular weight excluding hydrogens is 364 g/mol. The minimum absolute atomic E-state index is 0.212. The zero-order valence-corrected chi connectivity index (χ0v) is 15.1. The van der Waals surface area contributed by atoms with Gasteiger partial charge in [0.15, 0.2) is 0 Å². The minimum Gasteiger partial charge on any atom is -0.368 e. The maximum atomic E-state index is 11.8. The summed E-state index contributed by atoms with van der Waals surface area (Å²) in [7, 11) is 0. The summed E-state index contributed by atoms with van der Waals surface area (Å²) in [6, 6.07) is 16.9. The molecule has 27 heavy (non-hydrogen) atoms. The normalized spacial score (nSPS) is 10.9. The predicted octanol–water partition coefficient (Wildman–Crippen LogP) is 2.81. The van der Waals surface area contributed by atoms with Crippen molar-refractivity contribution in [2.75, 3.05) is 6.54 Å². The number of para-hydroxylation sites is 1. The maximum Gasteiger partial charge on any atom is 0.244 e. The lowest BCUT2D eigenvalue weighted by molar-refractivity contribution is -0.122. The van der Waals surface area contributed by atoms with Gasteiger partial charge < -0.3 is 11.1 Å². The molecule has 0 radical (unpaired) electrons. The maximum absolute atomic E-state index is 11.8. The van der Waals surface area contributed by atoms with E-state index in [9.17, 15) is 9.59 Å². The molecule has 0 aliphatic heterocycles. The number of nitrogens with zero attached hydrogens (tertiary/aromatic N) is 2. The van der Waals surface area contributed by atoms with Gasteiger partial charge in [-0.15, -0.1) is 0 Å². The number of nitrogens with one attached hydrogen (secondary N) is 1. The number of hydrogen-bond acceptors (Lipinski definition) is 3. The van der Waals surface area contributed by atoms with Crippen molar-refractivity contribution >= 4 is 29.5 Å². The Morgan fingerprint density at radius 3 is 2.48 bits per heavy atom. The highest BCUT2D eigenvalue weighted by Gasteiger charge is 2.11. The Balaban J connectivity index is 1.95. The van der Waals surface area contributed by atoms with Gasteiger partial charge in [0.05, 0.1) is 17.9 Å². The first-order valence-electron chi connectivity index (χ1n) is 8.18. The molecule has 136 valence electrons.